The van der Waals surface area contributed by atoms with E-state index in [9.17, 15) is 0 Å². The Balaban J connectivity index is 2.05. The van der Waals surface area contributed by atoms with Gasteiger partial charge in [0.15, 0.2) is 0 Å². The Bertz CT molecular complexity index is 567. The number of aryl methyl sites for hydroxylation is 1. The van der Waals surface area contributed by atoms with E-state index < -0.39 is 0 Å². The number of benzene rings is 1. The second kappa shape index (κ2) is 6.33. The van der Waals surface area contributed by atoms with Crippen LogP contribution in [0.4, 0.5) is 0 Å². The molecule has 0 saturated carbocycles. The highest BCUT2D eigenvalue weighted by atomic mass is 79.9. The van der Waals surface area contributed by atoms with Gasteiger partial charge in [-0.3, -0.25) is 0 Å². The Morgan fingerprint density at radius 2 is 1.95 bits per heavy atom. The van der Waals surface area contributed by atoms with E-state index in [1.54, 1.807) is 11.3 Å². The van der Waals surface area contributed by atoms with Gasteiger partial charge in [0.05, 0.1) is 0 Å². The predicted molar refractivity (Wildman–Crippen MR) is 89.2 cm³/mol. The molecule has 0 amide bonds. The molecule has 5 heteroatoms. The molecule has 1 aromatic heterocycles. The first-order valence-corrected chi connectivity index (χ1v) is 8.29. The average molecular weight is 354 g/mol. The fourth-order valence-electron chi connectivity index (χ4n) is 1.88. The predicted octanol–water partition coefficient (Wildman–Crippen LogP) is 4.21. The summed E-state index contributed by atoms with van der Waals surface area (Å²) in [5.74, 6) is 0. The summed E-state index contributed by atoms with van der Waals surface area (Å²) in [7, 11) is 0. The molecule has 0 atom stereocenters. The van der Waals surface area contributed by atoms with Crippen molar-refractivity contribution < 1.29 is 0 Å². The van der Waals surface area contributed by atoms with E-state index in [2.05, 4.69) is 77.3 Å². The summed E-state index contributed by atoms with van der Waals surface area (Å²) in [4.78, 5) is 0. The van der Waals surface area contributed by atoms with Crippen LogP contribution in [0, 0.1) is 6.92 Å². The maximum atomic E-state index is 4.30. The molecule has 2 aromatic rings. The van der Waals surface area contributed by atoms with Crippen molar-refractivity contribution in [2.45, 2.75) is 39.7 Å². The molecule has 3 nitrogen and oxygen atoms in total. The van der Waals surface area contributed by atoms with Gasteiger partial charge >= 0.3 is 0 Å². The zero-order chi connectivity index (χ0) is 14.8. The monoisotopic (exact) mass is 353 g/mol. The number of hydrogen-bond acceptors (Lipinski definition) is 4. The molecular formula is C15H20BrN3S. The minimum atomic E-state index is 0.148. The molecule has 1 aromatic carbocycles. The van der Waals surface area contributed by atoms with Gasteiger partial charge in [-0.25, -0.2) is 0 Å². The molecule has 1 heterocycles. The van der Waals surface area contributed by atoms with E-state index >= 15 is 0 Å². The molecule has 0 aliphatic carbocycles. The summed E-state index contributed by atoms with van der Waals surface area (Å²) < 4.78 is 1.08. The van der Waals surface area contributed by atoms with Gasteiger partial charge in [0.1, 0.15) is 10.0 Å². The molecule has 0 saturated heterocycles. The van der Waals surface area contributed by atoms with Crippen LogP contribution in [0.2, 0.25) is 0 Å². The fourth-order valence-corrected chi connectivity index (χ4v) is 3.31. The molecule has 0 aliphatic heterocycles. The summed E-state index contributed by atoms with van der Waals surface area (Å²) in [6.45, 7) is 9.52. The van der Waals surface area contributed by atoms with Crippen molar-refractivity contribution in [3.63, 3.8) is 0 Å². The lowest BCUT2D eigenvalue weighted by Crippen LogP contribution is -2.37. The molecule has 0 aliphatic rings. The van der Waals surface area contributed by atoms with Crippen molar-refractivity contribution in [1.82, 2.24) is 15.5 Å². The van der Waals surface area contributed by atoms with Crippen molar-refractivity contribution in [2.24, 2.45) is 0 Å². The normalized spacial score (nSPS) is 11.8. The van der Waals surface area contributed by atoms with Gasteiger partial charge in [0.2, 0.25) is 0 Å². The molecule has 1 N–H and O–H groups in total. The summed E-state index contributed by atoms with van der Waals surface area (Å²) >= 11 is 5.20. The number of nitrogens with one attached hydrogen (secondary N) is 1. The Kier molecular flexibility index (Phi) is 4.94. The number of aromatic nitrogens is 2. The van der Waals surface area contributed by atoms with Crippen LogP contribution in [0.3, 0.4) is 0 Å². The van der Waals surface area contributed by atoms with Gasteiger partial charge in [0.25, 0.3) is 0 Å². The van der Waals surface area contributed by atoms with Crippen LogP contribution >= 0.6 is 27.3 Å². The maximum Gasteiger partial charge on any atom is 0.147 e. The van der Waals surface area contributed by atoms with E-state index in [1.165, 1.54) is 5.56 Å². The molecule has 20 heavy (non-hydrogen) atoms. The van der Waals surface area contributed by atoms with E-state index in [0.717, 1.165) is 33.0 Å². The standard InChI is InChI=1S/C15H20BrN3S/c1-10-7-11(9-12(16)8-10)14-19-18-13(20-14)5-6-17-15(2,3)4/h7-9,17H,5-6H2,1-4H3. The van der Waals surface area contributed by atoms with Gasteiger partial charge in [-0.15, -0.1) is 10.2 Å². The van der Waals surface area contributed by atoms with Gasteiger partial charge in [-0.2, -0.15) is 0 Å². The minimum Gasteiger partial charge on any atom is -0.312 e. The zero-order valence-electron chi connectivity index (χ0n) is 12.3. The summed E-state index contributed by atoms with van der Waals surface area (Å²) in [6, 6.07) is 6.33. The largest absolute Gasteiger partial charge is 0.312 e. The van der Waals surface area contributed by atoms with Crippen molar-refractivity contribution in [2.75, 3.05) is 6.54 Å². The van der Waals surface area contributed by atoms with Crippen molar-refractivity contribution >= 4 is 27.3 Å². The highest BCUT2D eigenvalue weighted by Crippen LogP contribution is 2.27. The Morgan fingerprint density at radius 1 is 1.20 bits per heavy atom. The van der Waals surface area contributed by atoms with Crippen molar-refractivity contribution in [3.05, 3.63) is 33.2 Å². The number of rotatable bonds is 4. The molecule has 0 spiro atoms. The van der Waals surface area contributed by atoms with Crippen LogP contribution in [0.1, 0.15) is 31.3 Å². The third kappa shape index (κ3) is 4.65. The van der Waals surface area contributed by atoms with Gasteiger partial charge < -0.3 is 5.32 Å². The van der Waals surface area contributed by atoms with Crippen LogP contribution < -0.4 is 5.32 Å². The van der Waals surface area contributed by atoms with Gasteiger partial charge in [0, 0.05) is 28.5 Å². The number of halogens is 1. The average Bonchev–Trinajstić information content (AvgIpc) is 2.74. The second-order valence-corrected chi connectivity index (χ2v) is 7.92. The Hall–Kier alpha value is -0.780. The smallest absolute Gasteiger partial charge is 0.147 e. The van der Waals surface area contributed by atoms with Crippen molar-refractivity contribution in [1.29, 1.82) is 0 Å². The SMILES string of the molecule is Cc1cc(Br)cc(-c2nnc(CCNC(C)(C)C)s2)c1. The van der Waals surface area contributed by atoms with Crippen LogP contribution in [-0.4, -0.2) is 22.3 Å². The minimum absolute atomic E-state index is 0.148. The highest BCUT2D eigenvalue weighted by molar-refractivity contribution is 9.10. The van der Waals surface area contributed by atoms with E-state index in [4.69, 9.17) is 0 Å². The first-order chi connectivity index (χ1) is 9.33. The van der Waals surface area contributed by atoms with Crippen LogP contribution in [0.5, 0.6) is 0 Å². The van der Waals surface area contributed by atoms with Gasteiger partial charge in [-0.05, 0) is 51.5 Å². The van der Waals surface area contributed by atoms with Crippen LogP contribution in [0.25, 0.3) is 10.6 Å². The summed E-state index contributed by atoms with van der Waals surface area (Å²) in [5.41, 5.74) is 2.50. The van der Waals surface area contributed by atoms with E-state index in [0.29, 0.717) is 0 Å². The molecule has 108 valence electrons. The number of hydrogen-bond donors (Lipinski definition) is 1. The third-order valence-corrected chi connectivity index (χ3v) is 4.24. The topological polar surface area (TPSA) is 37.8 Å². The quantitative estimate of drug-likeness (QED) is 0.894. The summed E-state index contributed by atoms with van der Waals surface area (Å²) in [5, 5.41) is 14.1. The summed E-state index contributed by atoms with van der Waals surface area (Å²) in [6.07, 6.45) is 0.919. The molecule has 0 unspecified atom stereocenters. The first kappa shape index (κ1) is 15.6. The highest BCUT2D eigenvalue weighted by Gasteiger charge is 2.11. The molecular weight excluding hydrogens is 334 g/mol. The first-order valence-electron chi connectivity index (χ1n) is 6.68. The second-order valence-electron chi connectivity index (χ2n) is 5.94. The Morgan fingerprint density at radius 3 is 2.60 bits per heavy atom. The zero-order valence-corrected chi connectivity index (χ0v) is 14.7. The van der Waals surface area contributed by atoms with Crippen LogP contribution in [0.15, 0.2) is 22.7 Å². The molecule has 0 bridgehead atoms. The van der Waals surface area contributed by atoms with Gasteiger partial charge in [-0.1, -0.05) is 27.3 Å². The lowest BCUT2D eigenvalue weighted by atomic mass is 10.1. The third-order valence-electron chi connectivity index (χ3n) is 2.75. The molecule has 0 fully saturated rings. The lowest BCUT2D eigenvalue weighted by Gasteiger charge is -2.19. The molecule has 2 rings (SSSR count). The fraction of sp³-hybridized carbons (Fsp3) is 0.467. The van der Waals surface area contributed by atoms with Crippen molar-refractivity contribution in [3.8, 4) is 10.6 Å². The maximum absolute atomic E-state index is 4.30. The van der Waals surface area contributed by atoms with E-state index in [1.807, 2.05) is 0 Å². The Labute approximate surface area is 133 Å². The number of nitrogens with zero attached hydrogens (tertiary/aromatic N) is 2. The van der Waals surface area contributed by atoms with Crippen LogP contribution in [-0.2, 0) is 6.42 Å². The lowest BCUT2D eigenvalue weighted by molar-refractivity contribution is 0.429. The molecule has 0 radical (unpaired) electrons. The van der Waals surface area contributed by atoms with E-state index in [-0.39, 0.29) is 5.54 Å².